The Bertz CT molecular complexity index is 463. The van der Waals surface area contributed by atoms with Crippen LogP contribution in [0.3, 0.4) is 0 Å². The maximum absolute atomic E-state index is 12.2. The molecule has 0 aliphatic rings. The Balaban J connectivity index is 2.69. The van der Waals surface area contributed by atoms with E-state index in [1.807, 2.05) is 0 Å². The van der Waals surface area contributed by atoms with Crippen LogP contribution >= 0.6 is 0 Å². The van der Waals surface area contributed by atoms with Crippen LogP contribution in [0.5, 0.6) is 11.5 Å². The van der Waals surface area contributed by atoms with Crippen LogP contribution in [0, 0.1) is 0 Å². The molecule has 0 aromatic heterocycles. The Labute approximate surface area is 125 Å². The highest BCUT2D eigenvalue weighted by Gasteiger charge is 2.16. The Hall–Kier alpha value is -1.79. The molecule has 1 amide bonds. The molecular weight excluding hydrogens is 274 g/mol. The molecule has 0 aliphatic heterocycles. The number of rotatable bonds is 8. The van der Waals surface area contributed by atoms with Gasteiger partial charge in [-0.15, -0.1) is 0 Å². The van der Waals surface area contributed by atoms with Gasteiger partial charge >= 0.3 is 0 Å². The number of aliphatic hydroxyl groups is 1. The average molecular weight is 297 g/mol. The van der Waals surface area contributed by atoms with E-state index in [2.05, 4.69) is 0 Å². The minimum Gasteiger partial charge on any atom is -0.497 e. The van der Waals surface area contributed by atoms with Crippen LogP contribution in [-0.4, -0.2) is 63.5 Å². The number of carbonyl (C=O) groups is 1. The molecule has 0 saturated carbocycles. The quantitative estimate of drug-likeness (QED) is 0.765. The number of aliphatic hydroxyl groups excluding tert-OH is 1. The summed E-state index contributed by atoms with van der Waals surface area (Å²) < 4.78 is 15.2. The molecule has 0 heterocycles. The number of nitrogens with zero attached hydrogens (tertiary/aromatic N) is 1. The second-order valence-electron chi connectivity index (χ2n) is 4.74. The van der Waals surface area contributed by atoms with E-state index in [4.69, 9.17) is 14.2 Å². The number of carbonyl (C=O) groups excluding carboxylic acids is 1. The molecule has 6 nitrogen and oxygen atoms in total. The first kappa shape index (κ1) is 17.3. The van der Waals surface area contributed by atoms with Crippen molar-refractivity contribution in [3.8, 4) is 11.5 Å². The van der Waals surface area contributed by atoms with Crippen LogP contribution in [0.1, 0.15) is 5.56 Å². The Morgan fingerprint density at radius 1 is 1.29 bits per heavy atom. The van der Waals surface area contributed by atoms with Gasteiger partial charge in [-0.2, -0.15) is 0 Å². The highest BCUT2D eigenvalue weighted by atomic mass is 16.5. The topological polar surface area (TPSA) is 68.2 Å². The molecule has 1 unspecified atom stereocenters. The summed E-state index contributed by atoms with van der Waals surface area (Å²) in [6.45, 7) is 0.425. The third-order valence-corrected chi connectivity index (χ3v) is 3.11. The summed E-state index contributed by atoms with van der Waals surface area (Å²) in [4.78, 5) is 13.6. The predicted octanol–water partition coefficient (Wildman–Crippen LogP) is 0.712. The SMILES string of the molecule is COCC(O)CN(C)C(=O)Cc1ccc(OC)cc1OC. The van der Waals surface area contributed by atoms with Crippen LogP contribution in [0.15, 0.2) is 18.2 Å². The smallest absolute Gasteiger partial charge is 0.226 e. The second-order valence-corrected chi connectivity index (χ2v) is 4.74. The predicted molar refractivity (Wildman–Crippen MR) is 78.8 cm³/mol. The highest BCUT2D eigenvalue weighted by Crippen LogP contribution is 2.25. The lowest BCUT2D eigenvalue weighted by molar-refractivity contribution is -0.130. The first-order valence-electron chi connectivity index (χ1n) is 6.63. The van der Waals surface area contributed by atoms with E-state index in [9.17, 15) is 9.90 Å². The van der Waals surface area contributed by atoms with Gasteiger partial charge in [0.15, 0.2) is 0 Å². The summed E-state index contributed by atoms with van der Waals surface area (Å²) in [5, 5.41) is 9.64. The fourth-order valence-electron chi connectivity index (χ4n) is 1.96. The largest absolute Gasteiger partial charge is 0.497 e. The number of hydrogen-bond acceptors (Lipinski definition) is 5. The summed E-state index contributed by atoms with van der Waals surface area (Å²) in [7, 11) is 6.28. The summed E-state index contributed by atoms with van der Waals surface area (Å²) in [6, 6.07) is 5.32. The van der Waals surface area contributed by atoms with Crippen LogP contribution in [0.2, 0.25) is 0 Å². The summed E-state index contributed by atoms with van der Waals surface area (Å²) >= 11 is 0. The fourth-order valence-corrected chi connectivity index (χ4v) is 1.96. The summed E-state index contributed by atoms with van der Waals surface area (Å²) in [5.74, 6) is 1.18. The van der Waals surface area contributed by atoms with Crippen LogP contribution in [-0.2, 0) is 16.0 Å². The first-order valence-corrected chi connectivity index (χ1v) is 6.63. The average Bonchev–Trinajstić information content (AvgIpc) is 2.47. The molecule has 21 heavy (non-hydrogen) atoms. The molecule has 0 fully saturated rings. The number of methoxy groups -OCH3 is 3. The van der Waals surface area contributed by atoms with E-state index in [-0.39, 0.29) is 25.5 Å². The molecule has 1 aromatic rings. The maximum Gasteiger partial charge on any atom is 0.226 e. The third kappa shape index (κ3) is 5.24. The summed E-state index contributed by atoms with van der Waals surface area (Å²) in [5.41, 5.74) is 0.774. The molecule has 1 rings (SSSR count). The van der Waals surface area contributed by atoms with Gasteiger partial charge in [-0.1, -0.05) is 6.07 Å². The third-order valence-electron chi connectivity index (χ3n) is 3.11. The molecule has 0 radical (unpaired) electrons. The normalized spacial score (nSPS) is 11.9. The Kier molecular flexibility index (Phi) is 6.98. The van der Waals surface area contributed by atoms with E-state index in [1.165, 1.54) is 12.0 Å². The number of hydrogen-bond donors (Lipinski definition) is 1. The fraction of sp³-hybridized carbons (Fsp3) is 0.533. The molecule has 0 spiro atoms. The molecule has 1 atom stereocenters. The van der Waals surface area contributed by atoms with E-state index >= 15 is 0 Å². The standard InChI is InChI=1S/C15H23NO5/c1-16(9-12(17)10-19-2)15(18)7-11-5-6-13(20-3)8-14(11)21-4/h5-6,8,12,17H,7,9-10H2,1-4H3. The van der Waals surface area contributed by atoms with Crippen molar-refractivity contribution in [2.75, 3.05) is 41.5 Å². The lowest BCUT2D eigenvalue weighted by Gasteiger charge is -2.21. The second kappa shape index (κ2) is 8.49. The van der Waals surface area contributed by atoms with Crippen molar-refractivity contribution in [1.29, 1.82) is 0 Å². The zero-order valence-corrected chi connectivity index (χ0v) is 13.0. The van der Waals surface area contributed by atoms with E-state index < -0.39 is 6.10 Å². The minimum atomic E-state index is -0.693. The van der Waals surface area contributed by atoms with Crippen molar-refractivity contribution >= 4 is 5.91 Å². The minimum absolute atomic E-state index is 0.103. The van der Waals surface area contributed by atoms with Crippen molar-refractivity contribution in [2.24, 2.45) is 0 Å². The monoisotopic (exact) mass is 297 g/mol. The molecule has 0 aliphatic carbocycles. The van der Waals surface area contributed by atoms with E-state index in [0.29, 0.717) is 11.5 Å². The first-order chi connectivity index (χ1) is 10.0. The molecule has 118 valence electrons. The van der Waals surface area contributed by atoms with Gasteiger partial charge < -0.3 is 24.2 Å². The number of likely N-dealkylation sites (N-methyl/N-ethyl adjacent to an activating group) is 1. The van der Waals surface area contributed by atoms with Gasteiger partial charge in [0.25, 0.3) is 0 Å². The zero-order valence-electron chi connectivity index (χ0n) is 13.0. The molecule has 0 saturated heterocycles. The van der Waals surface area contributed by atoms with Gasteiger partial charge in [0, 0.05) is 32.3 Å². The Morgan fingerprint density at radius 2 is 2.00 bits per heavy atom. The highest BCUT2D eigenvalue weighted by molar-refractivity contribution is 5.79. The number of ether oxygens (including phenoxy) is 3. The lowest BCUT2D eigenvalue weighted by Crippen LogP contribution is -2.37. The van der Waals surface area contributed by atoms with Crippen molar-refractivity contribution in [3.63, 3.8) is 0 Å². The van der Waals surface area contributed by atoms with E-state index in [1.54, 1.807) is 39.5 Å². The van der Waals surface area contributed by atoms with Gasteiger partial charge in [0.1, 0.15) is 11.5 Å². The van der Waals surface area contributed by atoms with Gasteiger partial charge in [-0.25, -0.2) is 0 Å². The molecule has 1 N–H and O–H groups in total. The van der Waals surface area contributed by atoms with Crippen LogP contribution in [0.25, 0.3) is 0 Å². The number of benzene rings is 1. The summed E-state index contributed by atoms with van der Waals surface area (Å²) in [6.07, 6.45) is -0.495. The zero-order chi connectivity index (χ0) is 15.8. The Morgan fingerprint density at radius 3 is 2.57 bits per heavy atom. The molecule has 1 aromatic carbocycles. The number of amides is 1. The van der Waals surface area contributed by atoms with E-state index in [0.717, 1.165) is 5.56 Å². The molecule has 0 bridgehead atoms. The van der Waals surface area contributed by atoms with Gasteiger partial charge in [-0.3, -0.25) is 4.79 Å². The van der Waals surface area contributed by atoms with Crippen molar-refractivity contribution in [1.82, 2.24) is 4.90 Å². The lowest BCUT2D eigenvalue weighted by atomic mass is 10.1. The van der Waals surface area contributed by atoms with Gasteiger partial charge in [-0.05, 0) is 6.07 Å². The van der Waals surface area contributed by atoms with Crippen molar-refractivity contribution < 1.29 is 24.1 Å². The van der Waals surface area contributed by atoms with Crippen LogP contribution < -0.4 is 9.47 Å². The maximum atomic E-state index is 12.2. The van der Waals surface area contributed by atoms with Crippen LogP contribution in [0.4, 0.5) is 0 Å². The van der Waals surface area contributed by atoms with Crippen molar-refractivity contribution in [3.05, 3.63) is 23.8 Å². The molecule has 6 heteroatoms. The van der Waals surface area contributed by atoms with Crippen molar-refractivity contribution in [2.45, 2.75) is 12.5 Å². The molecular formula is C15H23NO5. The van der Waals surface area contributed by atoms with Gasteiger partial charge in [0.05, 0.1) is 33.4 Å². The van der Waals surface area contributed by atoms with Gasteiger partial charge in [0.2, 0.25) is 5.91 Å².